The van der Waals surface area contributed by atoms with Gasteiger partial charge in [-0.15, -0.1) is 11.3 Å². The van der Waals surface area contributed by atoms with Crippen molar-refractivity contribution in [2.75, 3.05) is 6.61 Å². The molecule has 0 aromatic carbocycles. The monoisotopic (exact) mass is 254 g/mol. The molecule has 1 heterocycles. The molecule has 0 saturated heterocycles. The van der Waals surface area contributed by atoms with E-state index in [2.05, 4.69) is 38.0 Å². The van der Waals surface area contributed by atoms with Gasteiger partial charge in [-0.3, -0.25) is 0 Å². The van der Waals surface area contributed by atoms with E-state index in [0.717, 1.165) is 24.5 Å². The minimum Gasteiger partial charge on any atom is -0.378 e. The van der Waals surface area contributed by atoms with E-state index in [1.807, 2.05) is 0 Å². The van der Waals surface area contributed by atoms with Gasteiger partial charge in [-0.25, -0.2) is 4.98 Å². The van der Waals surface area contributed by atoms with Crippen molar-refractivity contribution in [2.24, 2.45) is 0 Å². The predicted molar refractivity (Wildman–Crippen MR) is 71.6 cm³/mol. The molecular weight excluding hydrogens is 232 g/mol. The normalized spacial score (nSPS) is 25.6. The first-order valence-electron chi connectivity index (χ1n) is 6.41. The molecule has 1 aromatic rings. The van der Waals surface area contributed by atoms with Crippen molar-refractivity contribution in [3.63, 3.8) is 0 Å². The van der Waals surface area contributed by atoms with Crippen LogP contribution in [0.25, 0.3) is 0 Å². The summed E-state index contributed by atoms with van der Waals surface area (Å²) in [6, 6.07) is 1.03. The topological polar surface area (TPSA) is 34.1 Å². The third-order valence-electron chi connectivity index (χ3n) is 3.32. The second-order valence-corrected chi connectivity index (χ2v) is 6.05. The number of thiazole rings is 1. The van der Waals surface area contributed by atoms with Gasteiger partial charge in [0.15, 0.2) is 0 Å². The number of ether oxygens (including phenoxy) is 1. The molecule has 0 bridgehead atoms. The molecule has 0 spiro atoms. The summed E-state index contributed by atoms with van der Waals surface area (Å²) < 4.78 is 5.57. The quantitative estimate of drug-likeness (QED) is 0.877. The van der Waals surface area contributed by atoms with Crippen LogP contribution in [-0.4, -0.2) is 23.7 Å². The summed E-state index contributed by atoms with van der Waals surface area (Å²) in [6.07, 6.45) is 2.78. The van der Waals surface area contributed by atoms with Crippen LogP contribution >= 0.6 is 11.3 Å². The van der Waals surface area contributed by atoms with Crippen molar-refractivity contribution < 1.29 is 4.74 Å². The Morgan fingerprint density at radius 1 is 1.47 bits per heavy atom. The molecule has 1 saturated carbocycles. The summed E-state index contributed by atoms with van der Waals surface area (Å²) in [4.78, 5) is 5.86. The van der Waals surface area contributed by atoms with Crippen LogP contribution in [0.15, 0.2) is 0 Å². The Balaban J connectivity index is 1.82. The van der Waals surface area contributed by atoms with Gasteiger partial charge in [0.1, 0.15) is 0 Å². The van der Waals surface area contributed by atoms with Crippen molar-refractivity contribution in [1.29, 1.82) is 0 Å². The van der Waals surface area contributed by atoms with Crippen LogP contribution < -0.4 is 5.32 Å². The molecule has 1 atom stereocenters. The summed E-state index contributed by atoms with van der Waals surface area (Å²) in [5, 5.41) is 4.82. The minimum atomic E-state index is 0.411. The fraction of sp³-hybridized carbons (Fsp3) is 0.769. The number of aryl methyl sites for hydroxylation is 2. The van der Waals surface area contributed by atoms with Crippen LogP contribution in [0.5, 0.6) is 0 Å². The number of nitrogens with zero attached hydrogens (tertiary/aromatic N) is 1. The highest BCUT2D eigenvalue weighted by Gasteiger charge is 2.30. The van der Waals surface area contributed by atoms with Gasteiger partial charge in [-0.1, -0.05) is 0 Å². The lowest BCUT2D eigenvalue weighted by molar-refractivity contribution is -0.0119. The van der Waals surface area contributed by atoms with Gasteiger partial charge in [0.25, 0.3) is 0 Å². The Morgan fingerprint density at radius 2 is 2.18 bits per heavy atom. The van der Waals surface area contributed by atoms with E-state index in [0.29, 0.717) is 18.2 Å². The largest absolute Gasteiger partial charge is 0.378 e. The first-order valence-corrected chi connectivity index (χ1v) is 7.23. The van der Waals surface area contributed by atoms with Crippen molar-refractivity contribution in [2.45, 2.75) is 58.7 Å². The van der Waals surface area contributed by atoms with Crippen LogP contribution in [0.4, 0.5) is 0 Å². The van der Waals surface area contributed by atoms with Gasteiger partial charge in [0.2, 0.25) is 0 Å². The average Bonchev–Trinajstić information content (AvgIpc) is 2.54. The van der Waals surface area contributed by atoms with E-state index in [9.17, 15) is 0 Å². The SMILES string of the molecule is CCOC1CC(NC(C)c2sc(C)nc2C)C1. The van der Waals surface area contributed by atoms with Crippen LogP contribution in [-0.2, 0) is 4.74 Å². The predicted octanol–water partition coefficient (Wildman–Crippen LogP) is 2.98. The zero-order valence-electron chi connectivity index (χ0n) is 11.1. The molecule has 1 aromatic heterocycles. The lowest BCUT2D eigenvalue weighted by atomic mass is 9.88. The fourth-order valence-electron chi connectivity index (χ4n) is 2.45. The van der Waals surface area contributed by atoms with Crippen molar-refractivity contribution >= 4 is 11.3 Å². The summed E-state index contributed by atoms with van der Waals surface area (Å²) in [6.45, 7) is 9.30. The molecule has 1 aliphatic carbocycles. The Kier molecular flexibility index (Phi) is 4.17. The molecule has 0 aliphatic heterocycles. The fourth-order valence-corrected chi connectivity index (χ4v) is 3.39. The molecule has 1 unspecified atom stereocenters. The van der Waals surface area contributed by atoms with Gasteiger partial charge >= 0.3 is 0 Å². The lowest BCUT2D eigenvalue weighted by Gasteiger charge is -2.37. The van der Waals surface area contributed by atoms with E-state index >= 15 is 0 Å². The zero-order chi connectivity index (χ0) is 12.4. The first kappa shape index (κ1) is 13.0. The Morgan fingerprint density at radius 3 is 2.71 bits per heavy atom. The number of aromatic nitrogens is 1. The number of hydrogen-bond acceptors (Lipinski definition) is 4. The van der Waals surface area contributed by atoms with Crippen molar-refractivity contribution in [1.82, 2.24) is 10.3 Å². The van der Waals surface area contributed by atoms with E-state index < -0.39 is 0 Å². The summed E-state index contributed by atoms with van der Waals surface area (Å²) >= 11 is 1.81. The Labute approximate surface area is 108 Å². The van der Waals surface area contributed by atoms with Gasteiger partial charge in [0.05, 0.1) is 16.8 Å². The zero-order valence-corrected chi connectivity index (χ0v) is 11.9. The molecule has 17 heavy (non-hydrogen) atoms. The molecule has 0 radical (unpaired) electrons. The lowest BCUT2D eigenvalue weighted by Crippen LogP contribution is -2.46. The van der Waals surface area contributed by atoms with Crippen molar-refractivity contribution in [3.8, 4) is 0 Å². The van der Waals surface area contributed by atoms with E-state index in [1.165, 1.54) is 10.6 Å². The molecule has 1 fully saturated rings. The molecule has 1 N–H and O–H groups in total. The Bertz CT molecular complexity index is 371. The van der Waals surface area contributed by atoms with E-state index in [-0.39, 0.29) is 0 Å². The summed E-state index contributed by atoms with van der Waals surface area (Å²) in [7, 11) is 0. The highest BCUT2D eigenvalue weighted by atomic mass is 32.1. The van der Waals surface area contributed by atoms with Gasteiger partial charge in [0, 0.05) is 23.6 Å². The smallest absolute Gasteiger partial charge is 0.0900 e. The average molecular weight is 254 g/mol. The number of rotatable bonds is 5. The highest BCUT2D eigenvalue weighted by molar-refractivity contribution is 7.11. The van der Waals surface area contributed by atoms with Gasteiger partial charge in [-0.2, -0.15) is 0 Å². The molecule has 1 aliphatic rings. The summed E-state index contributed by atoms with van der Waals surface area (Å²) in [5.41, 5.74) is 1.17. The Hall–Kier alpha value is -0.450. The molecule has 4 heteroatoms. The maximum absolute atomic E-state index is 5.57. The van der Waals surface area contributed by atoms with Crippen LogP contribution in [0.1, 0.15) is 48.3 Å². The summed E-state index contributed by atoms with van der Waals surface area (Å²) in [5.74, 6) is 0. The maximum atomic E-state index is 5.57. The van der Waals surface area contributed by atoms with Crippen LogP contribution in [0, 0.1) is 13.8 Å². The minimum absolute atomic E-state index is 0.411. The van der Waals surface area contributed by atoms with E-state index in [4.69, 9.17) is 4.74 Å². The third-order valence-corrected chi connectivity index (χ3v) is 4.57. The molecule has 96 valence electrons. The maximum Gasteiger partial charge on any atom is 0.0900 e. The highest BCUT2D eigenvalue weighted by Crippen LogP contribution is 2.29. The van der Waals surface area contributed by atoms with E-state index in [1.54, 1.807) is 11.3 Å². The molecule has 3 nitrogen and oxygen atoms in total. The van der Waals surface area contributed by atoms with Gasteiger partial charge in [-0.05, 0) is 40.5 Å². The van der Waals surface area contributed by atoms with Crippen LogP contribution in [0.2, 0.25) is 0 Å². The second kappa shape index (κ2) is 5.46. The van der Waals surface area contributed by atoms with Crippen molar-refractivity contribution in [3.05, 3.63) is 15.6 Å². The molecule has 0 amide bonds. The third kappa shape index (κ3) is 3.06. The molecular formula is C13H22N2OS. The first-order chi connectivity index (χ1) is 8.10. The number of nitrogens with one attached hydrogen (secondary N) is 1. The van der Waals surface area contributed by atoms with Crippen LogP contribution in [0.3, 0.4) is 0 Å². The second-order valence-electron chi connectivity index (χ2n) is 4.82. The molecule has 2 rings (SSSR count). The standard InChI is InChI=1S/C13H22N2OS/c1-5-16-12-6-11(7-12)15-9(3)13-8(2)14-10(4)17-13/h9,11-12,15H,5-7H2,1-4H3. The van der Waals surface area contributed by atoms with Gasteiger partial charge < -0.3 is 10.1 Å². The number of hydrogen-bond donors (Lipinski definition) is 1.